The maximum Gasteiger partial charge on any atom is 0.133 e. The molecule has 0 aliphatic heterocycles. The standard InChI is InChI=1S/C39H78O2/c1-4-7-10-13-16-20-23-29-37(33-28-35-40)30-24-21-17-22-27-34-39(41)36-38(31-25-18-14-11-8-5-2)32-26-19-15-12-9-6-3/h37-38,40H,4-36H2,1-3H3. The van der Waals surface area contributed by atoms with E-state index in [-0.39, 0.29) is 0 Å². The van der Waals surface area contributed by atoms with Crippen molar-refractivity contribution in [2.24, 2.45) is 11.8 Å². The molecule has 0 saturated heterocycles. The molecule has 41 heavy (non-hydrogen) atoms. The lowest BCUT2D eigenvalue weighted by Crippen LogP contribution is -2.09. The zero-order chi connectivity index (χ0) is 30.1. The Kier molecular flexibility index (Phi) is 33.8. The van der Waals surface area contributed by atoms with Gasteiger partial charge in [-0.1, -0.05) is 194 Å². The molecule has 0 spiro atoms. The molecule has 0 amide bonds. The van der Waals surface area contributed by atoms with Crippen LogP contribution < -0.4 is 0 Å². The molecule has 0 bridgehead atoms. The number of aliphatic hydroxyl groups is 1. The van der Waals surface area contributed by atoms with Gasteiger partial charge < -0.3 is 5.11 Å². The summed E-state index contributed by atoms with van der Waals surface area (Å²) in [5, 5.41) is 9.31. The fourth-order valence-electron chi connectivity index (χ4n) is 6.69. The highest BCUT2D eigenvalue weighted by molar-refractivity contribution is 5.78. The highest BCUT2D eigenvalue weighted by Gasteiger charge is 2.14. The van der Waals surface area contributed by atoms with E-state index in [1.807, 2.05) is 0 Å². The van der Waals surface area contributed by atoms with Crippen LogP contribution >= 0.6 is 0 Å². The van der Waals surface area contributed by atoms with Gasteiger partial charge in [0.25, 0.3) is 0 Å². The predicted octanol–water partition coefficient (Wildman–Crippen LogP) is 13.3. The minimum atomic E-state index is 0.348. The molecule has 1 atom stereocenters. The number of ketones is 1. The largest absolute Gasteiger partial charge is 0.396 e. The normalized spacial score (nSPS) is 12.4. The van der Waals surface area contributed by atoms with Gasteiger partial charge >= 0.3 is 0 Å². The Hall–Kier alpha value is -0.370. The zero-order valence-corrected chi connectivity index (χ0v) is 28.8. The SMILES string of the molecule is CCCCCCCCCC(CCCO)CCCCCCCC(=O)CC(CCCCCCCC)CCCCCCCC. The summed E-state index contributed by atoms with van der Waals surface area (Å²) in [6, 6.07) is 0. The first-order valence-electron chi connectivity index (χ1n) is 19.3. The molecule has 0 aromatic carbocycles. The first kappa shape index (κ1) is 40.6. The quantitative estimate of drug-likeness (QED) is 0.0759. The molecule has 1 unspecified atom stereocenters. The summed E-state index contributed by atoms with van der Waals surface area (Å²) in [4.78, 5) is 12.9. The molecule has 0 aromatic rings. The Balaban J connectivity index is 4.09. The van der Waals surface area contributed by atoms with Crippen LogP contribution in [0.15, 0.2) is 0 Å². The number of hydrogen-bond donors (Lipinski definition) is 1. The Labute approximate surface area is 260 Å². The van der Waals surface area contributed by atoms with Crippen molar-refractivity contribution < 1.29 is 9.90 Å². The first-order chi connectivity index (χ1) is 20.2. The van der Waals surface area contributed by atoms with Crippen LogP contribution in [0.3, 0.4) is 0 Å². The monoisotopic (exact) mass is 579 g/mol. The molecule has 2 heteroatoms. The van der Waals surface area contributed by atoms with Crippen molar-refractivity contribution in [1.29, 1.82) is 0 Å². The van der Waals surface area contributed by atoms with Gasteiger partial charge in [-0.15, -0.1) is 0 Å². The molecular formula is C39H78O2. The van der Waals surface area contributed by atoms with Crippen molar-refractivity contribution in [2.45, 2.75) is 226 Å². The zero-order valence-electron chi connectivity index (χ0n) is 28.8. The first-order valence-corrected chi connectivity index (χ1v) is 19.3. The lowest BCUT2D eigenvalue weighted by Gasteiger charge is -2.17. The van der Waals surface area contributed by atoms with Crippen LogP contribution in [0.25, 0.3) is 0 Å². The molecule has 0 saturated carbocycles. The molecule has 0 fully saturated rings. The minimum Gasteiger partial charge on any atom is -0.396 e. The van der Waals surface area contributed by atoms with Crippen molar-refractivity contribution in [3.8, 4) is 0 Å². The third kappa shape index (κ3) is 30.9. The van der Waals surface area contributed by atoms with Crippen molar-refractivity contribution in [2.75, 3.05) is 6.61 Å². The van der Waals surface area contributed by atoms with Gasteiger partial charge in [0.1, 0.15) is 5.78 Å². The number of aliphatic hydroxyl groups excluding tert-OH is 1. The smallest absolute Gasteiger partial charge is 0.133 e. The van der Waals surface area contributed by atoms with E-state index in [0.717, 1.165) is 31.6 Å². The van der Waals surface area contributed by atoms with Crippen LogP contribution in [-0.4, -0.2) is 17.5 Å². The van der Waals surface area contributed by atoms with E-state index in [1.54, 1.807) is 0 Å². The number of carbonyl (C=O) groups is 1. The molecule has 0 heterocycles. The number of rotatable bonds is 35. The molecule has 0 aromatic heterocycles. The number of carbonyl (C=O) groups excluding carboxylic acids is 1. The fraction of sp³-hybridized carbons (Fsp3) is 0.974. The Morgan fingerprint density at radius 3 is 1.12 bits per heavy atom. The average Bonchev–Trinajstić information content (AvgIpc) is 2.97. The van der Waals surface area contributed by atoms with Gasteiger partial charge in [-0.3, -0.25) is 4.79 Å². The van der Waals surface area contributed by atoms with E-state index in [0.29, 0.717) is 18.3 Å². The van der Waals surface area contributed by atoms with E-state index in [2.05, 4.69) is 20.8 Å². The Morgan fingerprint density at radius 2 is 0.732 bits per heavy atom. The van der Waals surface area contributed by atoms with E-state index < -0.39 is 0 Å². The summed E-state index contributed by atoms with van der Waals surface area (Å²) in [5.74, 6) is 2.01. The minimum absolute atomic E-state index is 0.348. The Morgan fingerprint density at radius 1 is 0.415 bits per heavy atom. The summed E-state index contributed by atoms with van der Waals surface area (Å²) in [6.07, 6.45) is 41.4. The number of hydrogen-bond acceptors (Lipinski definition) is 2. The highest BCUT2D eigenvalue weighted by atomic mass is 16.2. The predicted molar refractivity (Wildman–Crippen MR) is 184 cm³/mol. The summed E-state index contributed by atoms with van der Waals surface area (Å²) in [7, 11) is 0. The molecule has 1 N–H and O–H groups in total. The summed E-state index contributed by atoms with van der Waals surface area (Å²) in [5.41, 5.74) is 0. The van der Waals surface area contributed by atoms with Gasteiger partial charge in [-0.25, -0.2) is 0 Å². The van der Waals surface area contributed by atoms with Crippen molar-refractivity contribution in [3.05, 3.63) is 0 Å². The van der Waals surface area contributed by atoms with E-state index in [1.165, 1.54) is 180 Å². The highest BCUT2D eigenvalue weighted by Crippen LogP contribution is 2.25. The Bertz CT molecular complexity index is 486. The van der Waals surface area contributed by atoms with E-state index in [9.17, 15) is 9.90 Å². The van der Waals surface area contributed by atoms with E-state index >= 15 is 0 Å². The van der Waals surface area contributed by atoms with Crippen LogP contribution in [0, 0.1) is 11.8 Å². The van der Waals surface area contributed by atoms with Gasteiger partial charge in [-0.2, -0.15) is 0 Å². The second kappa shape index (κ2) is 34.1. The maximum atomic E-state index is 12.9. The third-order valence-corrected chi connectivity index (χ3v) is 9.50. The van der Waals surface area contributed by atoms with Gasteiger partial charge in [0, 0.05) is 19.4 Å². The second-order valence-corrected chi connectivity index (χ2v) is 13.7. The molecular weight excluding hydrogens is 500 g/mol. The molecule has 0 radical (unpaired) electrons. The van der Waals surface area contributed by atoms with E-state index in [4.69, 9.17) is 0 Å². The van der Waals surface area contributed by atoms with Gasteiger partial charge in [0.15, 0.2) is 0 Å². The van der Waals surface area contributed by atoms with Crippen molar-refractivity contribution in [3.63, 3.8) is 0 Å². The lowest BCUT2D eigenvalue weighted by atomic mass is 9.88. The second-order valence-electron chi connectivity index (χ2n) is 13.7. The average molecular weight is 579 g/mol. The molecule has 0 aliphatic carbocycles. The summed E-state index contributed by atoms with van der Waals surface area (Å²) < 4.78 is 0. The van der Waals surface area contributed by atoms with Crippen LogP contribution in [0.1, 0.15) is 226 Å². The maximum absolute atomic E-state index is 12.9. The van der Waals surface area contributed by atoms with Crippen LogP contribution in [0.5, 0.6) is 0 Å². The topological polar surface area (TPSA) is 37.3 Å². The van der Waals surface area contributed by atoms with Gasteiger partial charge in [0.05, 0.1) is 0 Å². The van der Waals surface area contributed by atoms with Crippen molar-refractivity contribution >= 4 is 5.78 Å². The molecule has 2 nitrogen and oxygen atoms in total. The van der Waals surface area contributed by atoms with Crippen LogP contribution in [0.4, 0.5) is 0 Å². The van der Waals surface area contributed by atoms with Crippen LogP contribution in [0.2, 0.25) is 0 Å². The molecule has 246 valence electrons. The van der Waals surface area contributed by atoms with Crippen molar-refractivity contribution in [1.82, 2.24) is 0 Å². The fourth-order valence-corrected chi connectivity index (χ4v) is 6.69. The van der Waals surface area contributed by atoms with Gasteiger partial charge in [0.2, 0.25) is 0 Å². The summed E-state index contributed by atoms with van der Waals surface area (Å²) in [6.45, 7) is 7.21. The summed E-state index contributed by atoms with van der Waals surface area (Å²) >= 11 is 0. The third-order valence-electron chi connectivity index (χ3n) is 9.50. The number of unbranched alkanes of at least 4 members (excludes halogenated alkanes) is 20. The number of Topliss-reactive ketones (excluding diaryl/α,β-unsaturated/α-hetero) is 1. The molecule has 0 aliphatic rings. The molecule has 0 rings (SSSR count). The lowest BCUT2D eigenvalue weighted by molar-refractivity contribution is -0.120. The van der Waals surface area contributed by atoms with Gasteiger partial charge in [-0.05, 0) is 31.1 Å². The van der Waals surface area contributed by atoms with Crippen LogP contribution in [-0.2, 0) is 4.79 Å².